The number of benzene rings is 2. The highest BCUT2D eigenvalue weighted by Crippen LogP contribution is 2.29. The molecule has 0 aliphatic heterocycles. The summed E-state index contributed by atoms with van der Waals surface area (Å²) in [5, 5.41) is 8.62. The molecule has 7 nitrogen and oxygen atoms in total. The summed E-state index contributed by atoms with van der Waals surface area (Å²) in [5.74, 6) is 0.813. The van der Waals surface area contributed by atoms with Crippen molar-refractivity contribution < 1.29 is 13.2 Å². The van der Waals surface area contributed by atoms with Crippen molar-refractivity contribution >= 4 is 33.0 Å². The number of hydrogen-bond donors (Lipinski definition) is 1. The molecule has 2 heterocycles. The van der Waals surface area contributed by atoms with E-state index in [-0.39, 0.29) is 10.6 Å². The Bertz CT molecular complexity index is 1270. The molecule has 0 radical (unpaired) electrons. The molecule has 0 fully saturated rings. The fourth-order valence-electron chi connectivity index (χ4n) is 2.83. The number of nitrogens with zero attached hydrogens (tertiary/aromatic N) is 3. The maximum Gasteiger partial charge on any atom is 0.265 e. The Kier molecular flexibility index (Phi) is 4.66. The minimum Gasteiger partial charge on any atom is -0.495 e. The zero-order chi connectivity index (χ0) is 19.7. The van der Waals surface area contributed by atoms with Gasteiger partial charge in [0.05, 0.1) is 7.11 Å². The van der Waals surface area contributed by atoms with Crippen LogP contribution in [0.15, 0.2) is 71.8 Å². The molecular formula is C19H15ClN4O3S. The van der Waals surface area contributed by atoms with Crippen LogP contribution in [0.25, 0.3) is 17.0 Å². The Labute approximate surface area is 166 Å². The van der Waals surface area contributed by atoms with Gasteiger partial charge in [-0.3, -0.25) is 9.12 Å². The van der Waals surface area contributed by atoms with Crippen molar-refractivity contribution in [1.82, 2.24) is 14.6 Å². The highest BCUT2D eigenvalue weighted by molar-refractivity contribution is 7.92. The third-order valence-electron chi connectivity index (χ3n) is 4.10. The van der Waals surface area contributed by atoms with Crippen LogP contribution in [0.3, 0.4) is 0 Å². The zero-order valence-corrected chi connectivity index (χ0v) is 16.3. The lowest BCUT2D eigenvalue weighted by atomic mass is 10.2. The normalized spacial score (nSPS) is 11.5. The van der Waals surface area contributed by atoms with Crippen LogP contribution in [0.4, 0.5) is 5.69 Å². The predicted octanol–water partition coefficient (Wildman–Crippen LogP) is 3.86. The zero-order valence-electron chi connectivity index (χ0n) is 14.7. The third-order valence-corrected chi connectivity index (χ3v) is 5.74. The first-order valence-corrected chi connectivity index (χ1v) is 10.1. The summed E-state index contributed by atoms with van der Waals surface area (Å²) >= 11 is 5.97. The van der Waals surface area contributed by atoms with Gasteiger partial charge in [-0.25, -0.2) is 8.42 Å². The second-order valence-electron chi connectivity index (χ2n) is 5.93. The van der Waals surface area contributed by atoms with E-state index in [1.165, 1.54) is 19.2 Å². The lowest BCUT2D eigenvalue weighted by Crippen LogP contribution is -2.14. The predicted molar refractivity (Wildman–Crippen MR) is 107 cm³/mol. The first-order valence-electron chi connectivity index (χ1n) is 8.24. The minimum absolute atomic E-state index is 0.0409. The molecule has 28 heavy (non-hydrogen) atoms. The van der Waals surface area contributed by atoms with Crippen molar-refractivity contribution in [3.63, 3.8) is 0 Å². The van der Waals surface area contributed by atoms with Gasteiger partial charge in [0.15, 0.2) is 11.5 Å². The van der Waals surface area contributed by atoms with Crippen molar-refractivity contribution in [2.24, 2.45) is 0 Å². The van der Waals surface area contributed by atoms with E-state index in [0.717, 1.165) is 5.56 Å². The molecule has 142 valence electrons. The molecule has 0 spiro atoms. The minimum atomic E-state index is -3.91. The van der Waals surface area contributed by atoms with E-state index in [1.807, 2.05) is 34.9 Å². The summed E-state index contributed by atoms with van der Waals surface area (Å²) < 4.78 is 35.3. The van der Waals surface area contributed by atoms with E-state index in [4.69, 9.17) is 16.3 Å². The number of rotatable bonds is 5. The Balaban J connectivity index is 1.72. The monoisotopic (exact) mass is 414 g/mol. The van der Waals surface area contributed by atoms with Crippen LogP contribution in [-0.2, 0) is 10.0 Å². The Morgan fingerprint density at radius 1 is 1.04 bits per heavy atom. The molecular weight excluding hydrogens is 400 g/mol. The maximum atomic E-state index is 12.9. The second-order valence-corrected chi connectivity index (χ2v) is 8.02. The molecule has 0 unspecified atom stereocenters. The van der Waals surface area contributed by atoms with Gasteiger partial charge >= 0.3 is 0 Å². The van der Waals surface area contributed by atoms with Crippen LogP contribution < -0.4 is 9.46 Å². The highest BCUT2D eigenvalue weighted by Gasteiger charge is 2.20. The van der Waals surface area contributed by atoms with Crippen molar-refractivity contribution in [3.8, 4) is 17.1 Å². The fraction of sp³-hybridized carbons (Fsp3) is 0.0526. The van der Waals surface area contributed by atoms with Crippen molar-refractivity contribution in [2.45, 2.75) is 4.90 Å². The third kappa shape index (κ3) is 3.39. The van der Waals surface area contributed by atoms with Crippen molar-refractivity contribution in [3.05, 3.63) is 71.9 Å². The largest absolute Gasteiger partial charge is 0.495 e. The maximum absolute atomic E-state index is 12.9. The van der Waals surface area contributed by atoms with Crippen LogP contribution in [-0.4, -0.2) is 30.1 Å². The van der Waals surface area contributed by atoms with E-state index >= 15 is 0 Å². The van der Waals surface area contributed by atoms with E-state index < -0.39 is 10.0 Å². The van der Waals surface area contributed by atoms with Gasteiger partial charge in [-0.2, -0.15) is 0 Å². The lowest BCUT2D eigenvalue weighted by molar-refractivity contribution is 0.403. The number of halogens is 1. The number of pyridine rings is 1. The summed E-state index contributed by atoms with van der Waals surface area (Å²) in [6.45, 7) is 0. The molecule has 0 atom stereocenters. The molecule has 0 amide bonds. The smallest absolute Gasteiger partial charge is 0.265 e. The molecule has 0 bridgehead atoms. The molecule has 0 aliphatic rings. The van der Waals surface area contributed by atoms with Gasteiger partial charge in [0.1, 0.15) is 10.6 Å². The van der Waals surface area contributed by atoms with Gasteiger partial charge in [-0.15, -0.1) is 10.2 Å². The van der Waals surface area contributed by atoms with Gasteiger partial charge in [0.2, 0.25) is 0 Å². The topological polar surface area (TPSA) is 85.6 Å². The summed E-state index contributed by atoms with van der Waals surface area (Å²) in [6, 6.07) is 16.9. The quantitative estimate of drug-likeness (QED) is 0.536. The fourth-order valence-corrected chi connectivity index (χ4v) is 4.31. The molecule has 0 saturated heterocycles. The van der Waals surface area contributed by atoms with Gasteiger partial charge in [-0.05, 0) is 42.5 Å². The van der Waals surface area contributed by atoms with E-state index in [0.29, 0.717) is 22.2 Å². The van der Waals surface area contributed by atoms with Gasteiger partial charge in [0, 0.05) is 22.5 Å². The number of nitrogens with one attached hydrogen (secondary N) is 1. The van der Waals surface area contributed by atoms with Crippen LogP contribution >= 0.6 is 11.6 Å². The summed E-state index contributed by atoms with van der Waals surface area (Å²) in [6.07, 6.45) is 1.85. The molecule has 2 aromatic heterocycles. The summed E-state index contributed by atoms with van der Waals surface area (Å²) in [4.78, 5) is -0.0409. The molecule has 9 heteroatoms. The summed E-state index contributed by atoms with van der Waals surface area (Å²) in [7, 11) is -2.51. The Morgan fingerprint density at radius 2 is 1.89 bits per heavy atom. The number of hydrogen-bond acceptors (Lipinski definition) is 5. The molecule has 2 aromatic carbocycles. The standard InChI is InChI=1S/C19H15ClN4O3S/c1-27-16-9-8-14(20)12-17(16)28(25,26)23-15-6-4-5-13(11-15)19-22-21-18-7-2-3-10-24(18)19/h2-12,23H,1H3. The van der Waals surface area contributed by atoms with Crippen LogP contribution in [0.2, 0.25) is 5.02 Å². The number of fused-ring (bicyclic) bond motifs is 1. The van der Waals surface area contributed by atoms with Crippen LogP contribution in [0.5, 0.6) is 5.75 Å². The number of ether oxygens (including phenoxy) is 1. The number of methoxy groups -OCH3 is 1. The van der Waals surface area contributed by atoms with Crippen molar-refractivity contribution in [1.29, 1.82) is 0 Å². The first kappa shape index (κ1) is 18.3. The van der Waals surface area contributed by atoms with E-state index in [2.05, 4.69) is 14.9 Å². The number of sulfonamides is 1. The molecule has 4 aromatic rings. The second kappa shape index (κ2) is 7.14. The summed E-state index contributed by atoms with van der Waals surface area (Å²) in [5.41, 5.74) is 1.80. The lowest BCUT2D eigenvalue weighted by Gasteiger charge is -2.12. The SMILES string of the molecule is COc1ccc(Cl)cc1S(=O)(=O)Nc1cccc(-c2nnc3ccccn23)c1. The van der Waals surface area contributed by atoms with Crippen molar-refractivity contribution in [2.75, 3.05) is 11.8 Å². The first-order chi connectivity index (χ1) is 13.5. The highest BCUT2D eigenvalue weighted by atomic mass is 35.5. The van der Waals surface area contributed by atoms with E-state index in [1.54, 1.807) is 24.3 Å². The molecule has 0 aliphatic carbocycles. The Morgan fingerprint density at radius 3 is 2.71 bits per heavy atom. The number of aromatic nitrogens is 3. The van der Waals surface area contributed by atoms with Gasteiger partial charge < -0.3 is 4.74 Å². The molecule has 1 N–H and O–H groups in total. The van der Waals surface area contributed by atoms with Gasteiger partial charge in [0.25, 0.3) is 10.0 Å². The number of anilines is 1. The van der Waals surface area contributed by atoms with Gasteiger partial charge in [-0.1, -0.05) is 29.8 Å². The average Bonchev–Trinajstić information content (AvgIpc) is 3.12. The van der Waals surface area contributed by atoms with Crippen LogP contribution in [0, 0.1) is 0 Å². The molecule has 4 rings (SSSR count). The average molecular weight is 415 g/mol. The molecule has 0 saturated carbocycles. The Hall–Kier alpha value is -3.10. The van der Waals surface area contributed by atoms with E-state index in [9.17, 15) is 8.42 Å². The van der Waals surface area contributed by atoms with Crippen LogP contribution in [0.1, 0.15) is 0 Å².